The van der Waals surface area contributed by atoms with Crippen molar-refractivity contribution < 1.29 is 9.53 Å². The summed E-state index contributed by atoms with van der Waals surface area (Å²) in [5.41, 5.74) is 0.633. The Morgan fingerprint density at radius 1 is 1.50 bits per heavy atom. The van der Waals surface area contributed by atoms with Crippen LogP contribution in [0, 0.1) is 5.92 Å². The van der Waals surface area contributed by atoms with E-state index >= 15 is 0 Å². The number of para-hydroxylation sites is 1. The molecule has 1 aromatic carbocycles. The van der Waals surface area contributed by atoms with Gasteiger partial charge in [-0.3, -0.25) is 4.79 Å². The second kappa shape index (κ2) is 5.12. The van der Waals surface area contributed by atoms with E-state index in [0.717, 1.165) is 19.4 Å². The Kier molecular flexibility index (Phi) is 3.57. The number of likely N-dealkylation sites (tertiary alicyclic amines) is 1. The van der Waals surface area contributed by atoms with Gasteiger partial charge in [0.25, 0.3) is 0 Å². The Hall–Kier alpha value is -1.35. The number of hydrogen-bond acceptors (Lipinski definition) is 3. The third-order valence-corrected chi connectivity index (χ3v) is 3.01. The quantitative estimate of drug-likeness (QED) is 0.723. The zero-order valence-corrected chi connectivity index (χ0v) is 9.56. The number of nitrogens with zero attached hydrogens (tertiary/aromatic N) is 1. The largest absolute Gasteiger partial charge is 0.493 e. The molecular formula is C13H17NO2. The molecule has 1 unspecified atom stereocenters. The molecule has 1 aliphatic rings. The van der Waals surface area contributed by atoms with Gasteiger partial charge in [0.2, 0.25) is 0 Å². The summed E-state index contributed by atoms with van der Waals surface area (Å²) in [5, 5.41) is 0. The predicted octanol–water partition coefficient (Wildman–Crippen LogP) is 1.83. The van der Waals surface area contributed by atoms with Crippen LogP contribution in [0.4, 0.5) is 0 Å². The first-order valence-electron chi connectivity index (χ1n) is 5.65. The van der Waals surface area contributed by atoms with E-state index in [1.165, 1.54) is 6.42 Å². The molecule has 0 N–H and O–H groups in total. The molecule has 0 aliphatic carbocycles. The summed E-state index contributed by atoms with van der Waals surface area (Å²) in [4.78, 5) is 13.1. The van der Waals surface area contributed by atoms with Gasteiger partial charge in [0.1, 0.15) is 5.75 Å². The molecule has 0 bridgehead atoms. The Morgan fingerprint density at radius 3 is 3.00 bits per heavy atom. The highest BCUT2D eigenvalue weighted by atomic mass is 16.5. The van der Waals surface area contributed by atoms with Crippen LogP contribution in [0.15, 0.2) is 24.3 Å². The van der Waals surface area contributed by atoms with Crippen LogP contribution in [-0.2, 0) is 0 Å². The van der Waals surface area contributed by atoms with Crippen LogP contribution in [0.2, 0.25) is 0 Å². The first kappa shape index (κ1) is 11.1. The standard InChI is InChI=1S/C13H17NO2/c1-14-7-6-11(8-14)10-16-13-5-3-2-4-12(13)9-15/h2-5,9,11H,6-8,10H2,1H3. The van der Waals surface area contributed by atoms with Crippen LogP contribution in [0.25, 0.3) is 0 Å². The summed E-state index contributed by atoms with van der Waals surface area (Å²) in [6.07, 6.45) is 2.02. The van der Waals surface area contributed by atoms with Crippen molar-refractivity contribution in [1.82, 2.24) is 4.90 Å². The van der Waals surface area contributed by atoms with Gasteiger partial charge in [-0.2, -0.15) is 0 Å². The molecule has 3 heteroatoms. The summed E-state index contributed by atoms with van der Waals surface area (Å²) in [6, 6.07) is 7.37. The third-order valence-electron chi connectivity index (χ3n) is 3.01. The average molecular weight is 219 g/mol. The molecular weight excluding hydrogens is 202 g/mol. The van der Waals surface area contributed by atoms with Crippen LogP contribution in [0.3, 0.4) is 0 Å². The highest BCUT2D eigenvalue weighted by Crippen LogP contribution is 2.19. The predicted molar refractivity (Wildman–Crippen MR) is 62.9 cm³/mol. The molecule has 0 aromatic heterocycles. The number of rotatable bonds is 4. The fraction of sp³-hybridized carbons (Fsp3) is 0.462. The van der Waals surface area contributed by atoms with Gasteiger partial charge in [0, 0.05) is 12.5 Å². The Balaban J connectivity index is 1.91. The van der Waals surface area contributed by atoms with Crippen molar-refractivity contribution in [3.63, 3.8) is 0 Å². The minimum atomic E-state index is 0.588. The summed E-state index contributed by atoms with van der Waals surface area (Å²) in [6.45, 7) is 2.93. The second-order valence-electron chi connectivity index (χ2n) is 4.38. The minimum Gasteiger partial charge on any atom is -0.493 e. The smallest absolute Gasteiger partial charge is 0.153 e. The maximum Gasteiger partial charge on any atom is 0.153 e. The normalized spacial score (nSPS) is 20.9. The summed E-state index contributed by atoms with van der Waals surface area (Å²) in [7, 11) is 2.12. The highest BCUT2D eigenvalue weighted by Gasteiger charge is 2.20. The van der Waals surface area contributed by atoms with Crippen LogP contribution in [0.1, 0.15) is 16.8 Å². The molecule has 16 heavy (non-hydrogen) atoms. The number of benzene rings is 1. The summed E-state index contributed by atoms with van der Waals surface area (Å²) < 4.78 is 5.70. The summed E-state index contributed by atoms with van der Waals surface area (Å²) >= 11 is 0. The van der Waals surface area contributed by atoms with Crippen molar-refractivity contribution in [2.75, 3.05) is 26.7 Å². The monoisotopic (exact) mass is 219 g/mol. The molecule has 1 fully saturated rings. The van der Waals surface area contributed by atoms with Gasteiger partial charge in [0.15, 0.2) is 6.29 Å². The number of ether oxygens (including phenoxy) is 1. The van der Waals surface area contributed by atoms with Crippen molar-refractivity contribution in [3.8, 4) is 5.75 Å². The van der Waals surface area contributed by atoms with E-state index in [4.69, 9.17) is 4.74 Å². The molecule has 1 aliphatic heterocycles. The molecule has 0 spiro atoms. The molecule has 0 saturated carbocycles. The fourth-order valence-corrected chi connectivity index (χ4v) is 2.08. The number of aldehydes is 1. The Labute approximate surface area is 96.0 Å². The molecule has 0 radical (unpaired) electrons. The van der Waals surface area contributed by atoms with Crippen molar-refractivity contribution in [2.45, 2.75) is 6.42 Å². The number of hydrogen-bond donors (Lipinski definition) is 0. The zero-order valence-electron chi connectivity index (χ0n) is 9.56. The molecule has 1 aromatic rings. The van der Waals surface area contributed by atoms with E-state index in [9.17, 15) is 4.79 Å². The zero-order chi connectivity index (χ0) is 11.4. The molecule has 1 atom stereocenters. The lowest BCUT2D eigenvalue weighted by atomic mass is 10.1. The van der Waals surface area contributed by atoms with Crippen molar-refractivity contribution >= 4 is 6.29 Å². The van der Waals surface area contributed by atoms with E-state index in [1.54, 1.807) is 6.07 Å². The van der Waals surface area contributed by atoms with Gasteiger partial charge >= 0.3 is 0 Å². The van der Waals surface area contributed by atoms with E-state index in [1.807, 2.05) is 18.2 Å². The Morgan fingerprint density at radius 2 is 2.31 bits per heavy atom. The van der Waals surface area contributed by atoms with Gasteiger partial charge in [0.05, 0.1) is 12.2 Å². The average Bonchev–Trinajstić information content (AvgIpc) is 2.73. The van der Waals surface area contributed by atoms with Crippen LogP contribution in [-0.4, -0.2) is 37.9 Å². The molecule has 1 heterocycles. The van der Waals surface area contributed by atoms with E-state index in [2.05, 4.69) is 11.9 Å². The molecule has 2 rings (SSSR count). The second-order valence-corrected chi connectivity index (χ2v) is 4.38. The van der Waals surface area contributed by atoms with Gasteiger partial charge in [-0.15, -0.1) is 0 Å². The van der Waals surface area contributed by atoms with E-state index in [0.29, 0.717) is 23.8 Å². The van der Waals surface area contributed by atoms with Crippen molar-refractivity contribution in [2.24, 2.45) is 5.92 Å². The lowest BCUT2D eigenvalue weighted by Crippen LogP contribution is -2.18. The topological polar surface area (TPSA) is 29.5 Å². The third kappa shape index (κ3) is 2.61. The summed E-state index contributed by atoms with van der Waals surface area (Å²) in [5.74, 6) is 1.29. The van der Waals surface area contributed by atoms with E-state index < -0.39 is 0 Å². The maximum absolute atomic E-state index is 10.8. The van der Waals surface area contributed by atoms with Gasteiger partial charge < -0.3 is 9.64 Å². The van der Waals surface area contributed by atoms with Crippen LogP contribution in [0.5, 0.6) is 5.75 Å². The maximum atomic E-state index is 10.8. The minimum absolute atomic E-state index is 0.588. The Bertz CT molecular complexity index is 365. The molecule has 3 nitrogen and oxygen atoms in total. The first-order chi connectivity index (χ1) is 7.79. The van der Waals surface area contributed by atoms with Crippen molar-refractivity contribution in [3.05, 3.63) is 29.8 Å². The van der Waals surface area contributed by atoms with Gasteiger partial charge in [-0.25, -0.2) is 0 Å². The molecule has 1 saturated heterocycles. The lowest BCUT2D eigenvalue weighted by Gasteiger charge is -2.13. The molecule has 0 amide bonds. The number of carbonyl (C=O) groups is 1. The van der Waals surface area contributed by atoms with Gasteiger partial charge in [-0.1, -0.05) is 12.1 Å². The molecule has 86 valence electrons. The van der Waals surface area contributed by atoms with Gasteiger partial charge in [-0.05, 0) is 32.1 Å². The van der Waals surface area contributed by atoms with Crippen molar-refractivity contribution in [1.29, 1.82) is 0 Å². The lowest BCUT2D eigenvalue weighted by molar-refractivity contribution is 0.111. The van der Waals surface area contributed by atoms with Crippen LogP contribution >= 0.6 is 0 Å². The van der Waals surface area contributed by atoms with Crippen LogP contribution < -0.4 is 4.74 Å². The SMILES string of the molecule is CN1CCC(COc2ccccc2C=O)C1. The van der Waals surface area contributed by atoms with E-state index in [-0.39, 0.29) is 0 Å². The first-order valence-corrected chi connectivity index (χ1v) is 5.65. The number of carbonyl (C=O) groups excluding carboxylic acids is 1. The fourth-order valence-electron chi connectivity index (χ4n) is 2.08. The highest BCUT2D eigenvalue weighted by molar-refractivity contribution is 5.79.